The zero-order chi connectivity index (χ0) is 13.8. The van der Waals surface area contributed by atoms with Gasteiger partial charge < -0.3 is 15.1 Å². The molecule has 2 aromatic rings. The van der Waals surface area contributed by atoms with Gasteiger partial charge in [-0.15, -0.1) is 0 Å². The third kappa shape index (κ3) is 3.28. The smallest absolute Gasteiger partial charge is 0.123 e. The molecule has 2 rings (SSSR count). The molecule has 0 radical (unpaired) electrons. The van der Waals surface area contributed by atoms with Crippen molar-refractivity contribution in [1.82, 2.24) is 0 Å². The lowest BCUT2D eigenvalue weighted by Gasteiger charge is -2.23. The molecule has 0 aliphatic carbocycles. The van der Waals surface area contributed by atoms with Gasteiger partial charge in [-0.25, -0.2) is 0 Å². The largest absolute Gasteiger partial charge is 0.467 e. The molecule has 0 fully saturated rings. The van der Waals surface area contributed by atoms with Crippen molar-refractivity contribution in [3.63, 3.8) is 0 Å². The maximum atomic E-state index is 6.30. The predicted molar refractivity (Wildman–Crippen MR) is 82.8 cm³/mol. The molecule has 1 heterocycles. The van der Waals surface area contributed by atoms with Crippen LogP contribution in [0.25, 0.3) is 0 Å². The molecule has 0 bridgehead atoms. The highest BCUT2D eigenvalue weighted by Crippen LogP contribution is 2.28. The number of nitrogens with two attached hydrogens (primary N) is 1. The molecule has 0 saturated heterocycles. The highest BCUT2D eigenvalue weighted by atomic mass is 35.5. The summed E-state index contributed by atoms with van der Waals surface area (Å²) in [6, 6.07) is 9.43. The number of nitrogens with zero attached hydrogens (tertiary/aromatic N) is 1. The van der Waals surface area contributed by atoms with Crippen molar-refractivity contribution in [2.24, 2.45) is 5.73 Å². The molecule has 1 aromatic carbocycles. The molecule has 0 spiro atoms. The maximum absolute atomic E-state index is 6.30. The molecule has 0 aliphatic heterocycles. The number of thiocarbonyl (C=S) groups is 1. The first-order chi connectivity index (χ1) is 9.11. The second kappa shape index (κ2) is 6.08. The van der Waals surface area contributed by atoms with Crippen LogP contribution in [0.5, 0.6) is 0 Å². The summed E-state index contributed by atoms with van der Waals surface area (Å²) in [5, 5.41) is 0.638. The van der Waals surface area contributed by atoms with Gasteiger partial charge in [-0.05, 0) is 37.3 Å². The first-order valence-electron chi connectivity index (χ1n) is 5.98. The quantitative estimate of drug-likeness (QED) is 0.856. The van der Waals surface area contributed by atoms with Crippen LogP contribution < -0.4 is 10.6 Å². The lowest BCUT2D eigenvalue weighted by atomic mass is 10.2. The SMILES string of the molecule is CCN(Cc1ccco1)c1ccc(C(N)=S)cc1Cl. The molecule has 1 aromatic heterocycles. The van der Waals surface area contributed by atoms with E-state index in [2.05, 4.69) is 11.8 Å². The van der Waals surface area contributed by atoms with Crippen LogP contribution in [0.2, 0.25) is 5.02 Å². The number of rotatable bonds is 5. The molecule has 2 N–H and O–H groups in total. The minimum absolute atomic E-state index is 0.350. The molecule has 5 heteroatoms. The van der Waals surface area contributed by atoms with Crippen molar-refractivity contribution in [2.45, 2.75) is 13.5 Å². The van der Waals surface area contributed by atoms with E-state index in [1.54, 1.807) is 12.3 Å². The van der Waals surface area contributed by atoms with Crippen molar-refractivity contribution < 1.29 is 4.42 Å². The minimum atomic E-state index is 0.350. The molecule has 0 amide bonds. The number of anilines is 1. The zero-order valence-corrected chi connectivity index (χ0v) is 12.2. The number of furan rings is 1. The van der Waals surface area contributed by atoms with Crippen LogP contribution in [0, 0.1) is 0 Å². The van der Waals surface area contributed by atoms with Gasteiger partial charge in [0.15, 0.2) is 0 Å². The van der Waals surface area contributed by atoms with E-state index in [4.69, 9.17) is 34.0 Å². The molecular weight excluding hydrogens is 280 g/mol. The Kier molecular flexibility index (Phi) is 4.45. The Morgan fingerprint density at radius 2 is 2.21 bits per heavy atom. The molecule has 19 heavy (non-hydrogen) atoms. The standard InChI is InChI=1S/C14H15ClN2OS/c1-2-17(9-11-4-3-7-18-11)13-6-5-10(14(16)19)8-12(13)15/h3-8H,2,9H2,1H3,(H2,16,19). The Morgan fingerprint density at radius 1 is 1.42 bits per heavy atom. The van der Waals surface area contributed by atoms with Crippen molar-refractivity contribution in [3.05, 3.63) is 52.9 Å². The summed E-state index contributed by atoms with van der Waals surface area (Å²) in [5.74, 6) is 0.899. The van der Waals surface area contributed by atoms with Gasteiger partial charge in [-0.3, -0.25) is 0 Å². The maximum Gasteiger partial charge on any atom is 0.123 e. The van der Waals surface area contributed by atoms with E-state index in [9.17, 15) is 0 Å². The van der Waals surface area contributed by atoms with E-state index < -0.39 is 0 Å². The van der Waals surface area contributed by atoms with Crippen LogP contribution in [0.4, 0.5) is 5.69 Å². The van der Waals surface area contributed by atoms with E-state index in [1.807, 2.05) is 24.3 Å². The van der Waals surface area contributed by atoms with Crippen LogP contribution in [0.3, 0.4) is 0 Å². The molecule has 3 nitrogen and oxygen atoms in total. The lowest BCUT2D eigenvalue weighted by molar-refractivity contribution is 0.503. The van der Waals surface area contributed by atoms with Gasteiger partial charge in [-0.2, -0.15) is 0 Å². The van der Waals surface area contributed by atoms with Gasteiger partial charge >= 0.3 is 0 Å². The summed E-state index contributed by atoms with van der Waals surface area (Å²) in [6.07, 6.45) is 1.67. The fraction of sp³-hybridized carbons (Fsp3) is 0.214. The van der Waals surface area contributed by atoms with Crippen molar-refractivity contribution in [1.29, 1.82) is 0 Å². The number of halogens is 1. The zero-order valence-electron chi connectivity index (χ0n) is 10.6. The average molecular weight is 295 g/mol. The van der Waals surface area contributed by atoms with Gasteiger partial charge in [0.25, 0.3) is 0 Å². The van der Waals surface area contributed by atoms with Gasteiger partial charge in [-0.1, -0.05) is 23.8 Å². The fourth-order valence-electron chi connectivity index (χ4n) is 1.87. The summed E-state index contributed by atoms with van der Waals surface area (Å²) in [5.41, 5.74) is 7.32. The first-order valence-corrected chi connectivity index (χ1v) is 6.77. The fourth-order valence-corrected chi connectivity index (χ4v) is 2.30. The molecule has 0 saturated carbocycles. The van der Waals surface area contributed by atoms with Crippen molar-refractivity contribution in [3.8, 4) is 0 Å². The summed E-state index contributed by atoms with van der Waals surface area (Å²) in [7, 11) is 0. The molecular formula is C14H15ClN2OS. The van der Waals surface area contributed by atoms with Gasteiger partial charge in [0.2, 0.25) is 0 Å². The molecule has 0 aliphatic rings. The normalized spacial score (nSPS) is 10.4. The summed E-state index contributed by atoms with van der Waals surface area (Å²) < 4.78 is 5.36. The molecule has 0 atom stereocenters. The topological polar surface area (TPSA) is 42.4 Å². The van der Waals surface area contributed by atoms with Gasteiger partial charge in [0.1, 0.15) is 10.7 Å². The second-order valence-corrected chi connectivity index (χ2v) is 4.97. The first kappa shape index (κ1) is 13.9. The van der Waals surface area contributed by atoms with E-state index in [1.165, 1.54) is 0 Å². The summed E-state index contributed by atoms with van der Waals surface area (Å²) in [6.45, 7) is 3.57. The van der Waals surface area contributed by atoms with Gasteiger partial charge in [0, 0.05) is 12.1 Å². The molecule has 100 valence electrons. The Hall–Kier alpha value is -1.52. The Bertz CT molecular complexity index is 569. The van der Waals surface area contributed by atoms with E-state index in [-0.39, 0.29) is 0 Å². The van der Waals surface area contributed by atoms with Crippen LogP contribution in [-0.4, -0.2) is 11.5 Å². The van der Waals surface area contributed by atoms with Crippen LogP contribution >= 0.6 is 23.8 Å². The Morgan fingerprint density at radius 3 is 2.74 bits per heavy atom. The Labute approximate surface area is 123 Å². The lowest BCUT2D eigenvalue weighted by Crippen LogP contribution is -2.22. The Balaban J connectivity index is 2.25. The van der Waals surface area contributed by atoms with Crippen LogP contribution in [0.1, 0.15) is 18.2 Å². The van der Waals surface area contributed by atoms with E-state index in [0.29, 0.717) is 16.6 Å². The van der Waals surface area contributed by atoms with Crippen molar-refractivity contribution in [2.75, 3.05) is 11.4 Å². The highest BCUT2D eigenvalue weighted by Gasteiger charge is 2.12. The number of hydrogen-bond donors (Lipinski definition) is 1. The van der Waals surface area contributed by atoms with E-state index in [0.717, 1.165) is 23.6 Å². The monoisotopic (exact) mass is 294 g/mol. The third-order valence-electron chi connectivity index (χ3n) is 2.88. The number of hydrogen-bond acceptors (Lipinski definition) is 3. The highest BCUT2D eigenvalue weighted by molar-refractivity contribution is 7.80. The predicted octanol–water partition coefficient (Wildman–Crippen LogP) is 3.59. The number of benzene rings is 1. The van der Waals surface area contributed by atoms with Crippen LogP contribution in [-0.2, 0) is 6.54 Å². The summed E-state index contributed by atoms with van der Waals surface area (Å²) in [4.78, 5) is 2.48. The third-order valence-corrected chi connectivity index (χ3v) is 3.42. The van der Waals surface area contributed by atoms with Gasteiger partial charge in [0.05, 0.1) is 23.5 Å². The van der Waals surface area contributed by atoms with E-state index >= 15 is 0 Å². The molecule has 0 unspecified atom stereocenters. The van der Waals surface area contributed by atoms with Crippen LogP contribution in [0.15, 0.2) is 41.0 Å². The van der Waals surface area contributed by atoms with Crippen molar-refractivity contribution >= 4 is 34.5 Å². The second-order valence-electron chi connectivity index (χ2n) is 4.12. The summed E-state index contributed by atoms with van der Waals surface area (Å²) >= 11 is 11.2. The minimum Gasteiger partial charge on any atom is -0.467 e. The average Bonchev–Trinajstić information content (AvgIpc) is 2.89.